The van der Waals surface area contributed by atoms with Crippen molar-refractivity contribution in [2.75, 3.05) is 0 Å². The summed E-state index contributed by atoms with van der Waals surface area (Å²) in [6.45, 7) is 2.39. The number of carbonyl (C=O) groups is 2. The molecule has 0 saturated carbocycles. The number of aromatic nitrogens is 2. The van der Waals surface area contributed by atoms with Crippen molar-refractivity contribution >= 4 is 35.2 Å². The molecule has 0 aliphatic rings. The number of carbonyl (C=O) groups excluding carboxylic acids is 2. The molecule has 0 unspecified atom stereocenters. The SMILES string of the molecule is C/C(=N\N=C(/[O-])c1ccncc1)C(=O)[O-].C/C(=N\N=C(/[O-])c1ccncc1)C(=O)[O-].O.O.O.O.[Mn+2].[Mn+2].[OH3+].[OH3+].[OH3+].[OH3+].[OH3+].[OH3+]. The van der Waals surface area contributed by atoms with Crippen LogP contribution in [0.2, 0.25) is 0 Å². The maximum Gasteiger partial charge on any atom is 2.00 e. The van der Waals surface area contributed by atoms with E-state index in [9.17, 15) is 30.0 Å². The molecule has 2 radical (unpaired) electrons. The first-order chi connectivity index (χ1) is 14.2. The number of aliphatic carboxylic acids is 2. The summed E-state index contributed by atoms with van der Waals surface area (Å²) in [4.78, 5) is 27.9. The fourth-order valence-electron chi connectivity index (χ4n) is 1.43. The van der Waals surface area contributed by atoms with E-state index in [0.29, 0.717) is 11.1 Å². The minimum atomic E-state index is -1.46. The van der Waals surface area contributed by atoms with Crippen LogP contribution in [-0.4, -0.2) is 67.0 Å². The van der Waals surface area contributed by atoms with Gasteiger partial charge in [-0.1, -0.05) is 0 Å². The summed E-state index contributed by atoms with van der Waals surface area (Å²) in [5.74, 6) is -4.17. The fraction of sp³-hybridized carbons (Fsp3) is 0.111. The number of hydrogen-bond acceptors (Lipinski definition) is 12. The van der Waals surface area contributed by atoms with Gasteiger partial charge < -0.3 is 84.8 Å². The monoisotopic (exact) mass is 706 g/mol. The Morgan fingerprint density at radius 1 is 0.524 bits per heavy atom. The van der Waals surface area contributed by atoms with Crippen molar-refractivity contribution in [3.8, 4) is 0 Å². The van der Waals surface area contributed by atoms with E-state index in [4.69, 9.17) is 0 Å². The smallest absolute Gasteiger partial charge is 0.857 e. The average Bonchev–Trinajstić information content (AvgIpc) is 2.76. The van der Waals surface area contributed by atoms with Crippen LogP contribution in [0, 0.1) is 0 Å². The maximum absolute atomic E-state index is 11.3. The summed E-state index contributed by atoms with van der Waals surface area (Å²) in [5, 5.41) is 55.8. The molecule has 0 aromatic carbocycles. The van der Waals surface area contributed by atoms with E-state index in [1.165, 1.54) is 62.9 Å². The van der Waals surface area contributed by atoms with Crippen LogP contribution in [0.4, 0.5) is 0 Å². The number of carboxylic acids is 2. The normalized spacial score (nSPS) is 9.00. The largest absolute Gasteiger partial charge is 2.00 e. The third kappa shape index (κ3) is 30.7. The van der Waals surface area contributed by atoms with Crippen molar-refractivity contribution < 1.29 is 119 Å². The standard InChI is InChI=1S/2C9H9N3O3.2Mn.10H2O/c2*1-6(9(14)15)11-12-8(13)7-2-4-10-5-3-7;;;;;;;;;;;;/h2*2-5H,1H3,(H,12,13)(H,14,15);;;10*1H2/q;;2*+2;;;;;;;;;;/p+2/b2*11-6+;;;;;;;;;;;;. The Morgan fingerprint density at radius 2 is 0.738 bits per heavy atom. The molecule has 0 fully saturated rings. The number of hydrogen-bond donors (Lipinski definition) is 0. The Hall–Kier alpha value is -3.84. The van der Waals surface area contributed by atoms with Crippen LogP contribution in [0.15, 0.2) is 69.5 Å². The van der Waals surface area contributed by atoms with E-state index in [-0.39, 0.29) is 100 Å². The Bertz CT molecular complexity index is 934. The van der Waals surface area contributed by atoms with Crippen LogP contribution in [0.5, 0.6) is 0 Å². The molecule has 2 heterocycles. The van der Waals surface area contributed by atoms with E-state index in [1.807, 2.05) is 0 Å². The predicted octanol–water partition coefficient (Wildman–Crippen LogP) is -12.2. The molecular formula is C18H40Mn2N6O16+6. The predicted molar refractivity (Wildman–Crippen MR) is 141 cm³/mol. The molecule has 0 bridgehead atoms. The second kappa shape index (κ2) is 41.6. The van der Waals surface area contributed by atoms with Crippen molar-refractivity contribution in [1.82, 2.24) is 9.97 Å². The molecule has 24 heteroatoms. The van der Waals surface area contributed by atoms with Crippen molar-refractivity contribution in [1.29, 1.82) is 0 Å². The Balaban J connectivity index is -0.0000000333. The Kier molecular flexibility index (Phi) is 76.3. The molecule has 22 nitrogen and oxygen atoms in total. The molecule has 0 amide bonds. The third-order valence-electron chi connectivity index (χ3n) is 3.03. The van der Waals surface area contributed by atoms with Gasteiger partial charge in [-0.2, -0.15) is 20.4 Å². The summed E-state index contributed by atoms with van der Waals surface area (Å²) in [6, 6.07) is 5.82. The van der Waals surface area contributed by atoms with E-state index < -0.39 is 23.7 Å². The number of carboxylic acid groups (broad SMARTS) is 2. The number of pyridine rings is 2. The molecule has 2 rings (SSSR count). The Labute approximate surface area is 258 Å². The van der Waals surface area contributed by atoms with Gasteiger partial charge in [-0.15, -0.1) is 0 Å². The van der Waals surface area contributed by atoms with Crippen molar-refractivity contribution in [2.24, 2.45) is 20.4 Å². The molecule has 0 aliphatic carbocycles. The average molecular weight is 706 g/mol. The number of rotatable bonds is 6. The van der Waals surface area contributed by atoms with Gasteiger partial charge in [-0.05, 0) is 49.2 Å². The van der Waals surface area contributed by atoms with Gasteiger partial charge >= 0.3 is 34.1 Å². The molecule has 0 aliphatic heterocycles. The van der Waals surface area contributed by atoms with Crippen molar-refractivity contribution in [3.63, 3.8) is 0 Å². The van der Waals surface area contributed by atoms with Gasteiger partial charge in [0.25, 0.3) is 0 Å². The molecule has 2 aromatic heterocycles. The zero-order chi connectivity index (χ0) is 22.5. The minimum absolute atomic E-state index is 0. The van der Waals surface area contributed by atoms with Gasteiger partial charge in [-0.3, -0.25) is 9.97 Å². The summed E-state index contributed by atoms with van der Waals surface area (Å²) in [6.07, 6.45) is 5.71. The molecular weight excluding hydrogens is 666 g/mol. The van der Waals surface area contributed by atoms with Gasteiger partial charge in [0.2, 0.25) is 0 Å². The second-order valence-corrected chi connectivity index (χ2v) is 5.23. The first kappa shape index (κ1) is 77.0. The van der Waals surface area contributed by atoms with Crippen LogP contribution in [-0.2, 0) is 76.6 Å². The second-order valence-electron chi connectivity index (χ2n) is 5.23. The van der Waals surface area contributed by atoms with Crippen LogP contribution in [0.1, 0.15) is 25.0 Å². The molecule has 42 heavy (non-hydrogen) atoms. The van der Waals surface area contributed by atoms with E-state index in [2.05, 4.69) is 30.4 Å². The first-order valence-corrected chi connectivity index (χ1v) is 8.04. The fourth-order valence-corrected chi connectivity index (χ4v) is 1.43. The van der Waals surface area contributed by atoms with E-state index in [1.54, 1.807) is 0 Å². The van der Waals surface area contributed by atoms with Crippen molar-refractivity contribution in [2.45, 2.75) is 13.8 Å². The molecule has 2 aromatic rings. The molecule has 0 atom stereocenters. The summed E-state index contributed by atoms with van der Waals surface area (Å²) in [5.41, 5.74) is -0.116. The maximum atomic E-state index is 11.3. The van der Waals surface area contributed by atoms with Crippen LogP contribution >= 0.6 is 0 Å². The number of nitrogens with zero attached hydrogens (tertiary/aromatic N) is 6. The summed E-state index contributed by atoms with van der Waals surface area (Å²) >= 11 is 0. The Morgan fingerprint density at radius 3 is 0.929 bits per heavy atom. The van der Waals surface area contributed by atoms with Crippen LogP contribution < -0.4 is 20.4 Å². The molecule has 26 N–H and O–H groups in total. The van der Waals surface area contributed by atoms with Gasteiger partial charge in [0.05, 0.1) is 23.4 Å². The van der Waals surface area contributed by atoms with Crippen LogP contribution in [0.3, 0.4) is 0 Å². The third-order valence-corrected chi connectivity index (χ3v) is 3.03. The molecule has 0 saturated heterocycles. The van der Waals surface area contributed by atoms with Gasteiger partial charge in [0.1, 0.15) is 0 Å². The van der Waals surface area contributed by atoms with Gasteiger partial charge in [0, 0.05) is 36.6 Å². The quantitative estimate of drug-likeness (QED) is 0.0910. The zero-order valence-electron chi connectivity index (χ0n) is 22.0. The molecule has 0 spiro atoms. The van der Waals surface area contributed by atoms with E-state index >= 15 is 0 Å². The zero-order valence-corrected chi connectivity index (χ0v) is 24.3. The van der Waals surface area contributed by atoms with Crippen molar-refractivity contribution in [3.05, 3.63) is 60.2 Å². The summed E-state index contributed by atoms with van der Waals surface area (Å²) < 4.78 is 0. The molecule has 246 valence electrons. The summed E-state index contributed by atoms with van der Waals surface area (Å²) in [7, 11) is 0. The topological polar surface area (TPSA) is 526 Å². The van der Waals surface area contributed by atoms with Gasteiger partial charge in [0.15, 0.2) is 0 Å². The van der Waals surface area contributed by atoms with E-state index in [0.717, 1.165) is 0 Å². The first-order valence-electron chi connectivity index (χ1n) is 8.04. The van der Waals surface area contributed by atoms with Gasteiger partial charge in [-0.25, -0.2) is 0 Å². The van der Waals surface area contributed by atoms with Crippen LogP contribution in [0.25, 0.3) is 0 Å². The minimum Gasteiger partial charge on any atom is -0.857 e.